The van der Waals surface area contributed by atoms with E-state index in [4.69, 9.17) is 19.2 Å². The van der Waals surface area contributed by atoms with Crippen molar-refractivity contribution in [1.82, 2.24) is 15.5 Å². The fourth-order valence-electron chi connectivity index (χ4n) is 3.66. The van der Waals surface area contributed by atoms with Crippen LogP contribution in [0.25, 0.3) is 0 Å². The van der Waals surface area contributed by atoms with Crippen molar-refractivity contribution in [2.24, 2.45) is 4.99 Å². The van der Waals surface area contributed by atoms with Crippen LogP contribution in [0, 0.1) is 0 Å². The van der Waals surface area contributed by atoms with Gasteiger partial charge in [-0.15, -0.1) is 0 Å². The molecule has 0 aliphatic carbocycles. The quantitative estimate of drug-likeness (QED) is 0.448. The summed E-state index contributed by atoms with van der Waals surface area (Å²) in [6.07, 6.45) is 2.24. The zero-order valence-corrected chi connectivity index (χ0v) is 19.6. The summed E-state index contributed by atoms with van der Waals surface area (Å²) in [5, 5.41) is 7.04. The van der Waals surface area contributed by atoms with Gasteiger partial charge in [0.2, 0.25) is 0 Å². The van der Waals surface area contributed by atoms with Crippen LogP contribution < -0.4 is 20.1 Å². The van der Waals surface area contributed by atoms with Crippen LogP contribution in [0.5, 0.6) is 11.5 Å². The fourth-order valence-corrected chi connectivity index (χ4v) is 3.66. The molecule has 2 N–H and O–H groups in total. The van der Waals surface area contributed by atoms with Crippen molar-refractivity contribution in [2.75, 3.05) is 60.7 Å². The number of piperidine rings is 1. The minimum atomic E-state index is -0.134. The van der Waals surface area contributed by atoms with Gasteiger partial charge in [0, 0.05) is 44.7 Å². The van der Waals surface area contributed by atoms with E-state index in [1.54, 1.807) is 21.3 Å². The number of hydrogen-bond acceptors (Lipinski definition) is 5. The number of guanidine groups is 1. The van der Waals surface area contributed by atoms with Gasteiger partial charge in [0.1, 0.15) is 0 Å². The first-order valence-electron chi connectivity index (χ1n) is 10.9. The van der Waals surface area contributed by atoms with E-state index in [0.717, 1.165) is 63.1 Å². The second kappa shape index (κ2) is 12.0. The van der Waals surface area contributed by atoms with E-state index in [-0.39, 0.29) is 5.41 Å². The SMILES string of the molecule is CCNC(=NCC(C)(C)c1ccc(OC)c(OC)c1)NC1CCN(CCOC)CC1. The lowest BCUT2D eigenvalue weighted by atomic mass is 9.84. The number of hydrogen-bond donors (Lipinski definition) is 2. The fraction of sp³-hybridized carbons (Fsp3) is 0.696. The molecule has 7 nitrogen and oxygen atoms in total. The molecule has 1 aromatic rings. The molecule has 1 saturated heterocycles. The van der Waals surface area contributed by atoms with Gasteiger partial charge in [-0.05, 0) is 37.5 Å². The van der Waals surface area contributed by atoms with Crippen molar-refractivity contribution in [3.05, 3.63) is 23.8 Å². The first-order valence-corrected chi connectivity index (χ1v) is 10.9. The number of nitrogens with zero attached hydrogens (tertiary/aromatic N) is 2. The van der Waals surface area contributed by atoms with E-state index in [9.17, 15) is 0 Å². The Bertz CT molecular complexity index is 670. The Kier molecular flexibility index (Phi) is 9.72. The molecule has 1 aliphatic heterocycles. The first kappa shape index (κ1) is 24.3. The zero-order chi connectivity index (χ0) is 22.0. The molecule has 7 heteroatoms. The van der Waals surface area contributed by atoms with Crippen LogP contribution in [0.4, 0.5) is 0 Å². The van der Waals surface area contributed by atoms with Crippen molar-refractivity contribution in [2.45, 2.75) is 45.1 Å². The van der Waals surface area contributed by atoms with Gasteiger partial charge < -0.3 is 29.7 Å². The Morgan fingerprint density at radius 2 is 1.83 bits per heavy atom. The van der Waals surface area contributed by atoms with Gasteiger partial charge in [0.25, 0.3) is 0 Å². The van der Waals surface area contributed by atoms with Crippen LogP contribution in [0.15, 0.2) is 23.2 Å². The van der Waals surface area contributed by atoms with E-state index >= 15 is 0 Å². The van der Waals surface area contributed by atoms with Crippen molar-refractivity contribution in [3.63, 3.8) is 0 Å². The third-order valence-electron chi connectivity index (χ3n) is 5.68. The molecule has 0 aromatic heterocycles. The Balaban J connectivity index is 1.99. The smallest absolute Gasteiger partial charge is 0.191 e. The molecule has 1 heterocycles. The van der Waals surface area contributed by atoms with E-state index in [1.807, 2.05) is 12.1 Å². The number of methoxy groups -OCH3 is 3. The lowest BCUT2D eigenvalue weighted by Crippen LogP contribution is -2.49. The number of ether oxygens (including phenoxy) is 3. The molecule has 1 fully saturated rings. The molecule has 0 bridgehead atoms. The molecule has 30 heavy (non-hydrogen) atoms. The molecule has 170 valence electrons. The highest BCUT2D eigenvalue weighted by Gasteiger charge is 2.24. The van der Waals surface area contributed by atoms with Crippen molar-refractivity contribution in [1.29, 1.82) is 0 Å². The maximum absolute atomic E-state index is 5.47. The summed E-state index contributed by atoms with van der Waals surface area (Å²) in [5.41, 5.74) is 1.04. The molecular weight excluding hydrogens is 380 g/mol. The third-order valence-corrected chi connectivity index (χ3v) is 5.68. The molecular formula is C23H40N4O3. The van der Waals surface area contributed by atoms with Crippen LogP contribution in [0.1, 0.15) is 39.2 Å². The highest BCUT2D eigenvalue weighted by molar-refractivity contribution is 5.80. The summed E-state index contributed by atoms with van der Waals surface area (Å²) in [4.78, 5) is 7.38. The molecule has 0 amide bonds. The van der Waals surface area contributed by atoms with E-state index in [1.165, 1.54) is 5.56 Å². The normalized spacial score (nSPS) is 16.4. The molecule has 1 aliphatic rings. The van der Waals surface area contributed by atoms with E-state index in [0.29, 0.717) is 12.6 Å². The van der Waals surface area contributed by atoms with Crippen LogP contribution in [0.2, 0.25) is 0 Å². The van der Waals surface area contributed by atoms with Gasteiger partial charge in [-0.25, -0.2) is 0 Å². The maximum atomic E-state index is 5.47. The Labute approximate surface area is 182 Å². The second-order valence-corrected chi connectivity index (χ2v) is 8.40. The largest absolute Gasteiger partial charge is 0.493 e. The summed E-state index contributed by atoms with van der Waals surface area (Å²) in [5.74, 6) is 2.38. The topological polar surface area (TPSA) is 67.4 Å². The minimum absolute atomic E-state index is 0.134. The first-order chi connectivity index (χ1) is 14.4. The summed E-state index contributed by atoms with van der Waals surface area (Å²) >= 11 is 0. The zero-order valence-electron chi connectivity index (χ0n) is 19.6. The standard InChI is InChI=1S/C23H40N4O3/c1-7-24-22(26-19-10-12-27(13-11-19)14-15-28-4)25-17-23(2,3)18-8-9-20(29-5)21(16-18)30-6/h8-9,16,19H,7,10-15,17H2,1-6H3,(H2,24,25,26). The molecule has 1 aromatic carbocycles. The highest BCUT2D eigenvalue weighted by Crippen LogP contribution is 2.33. The van der Waals surface area contributed by atoms with Gasteiger partial charge in [-0.1, -0.05) is 19.9 Å². The van der Waals surface area contributed by atoms with Crippen molar-refractivity contribution < 1.29 is 14.2 Å². The average Bonchev–Trinajstić information content (AvgIpc) is 2.76. The highest BCUT2D eigenvalue weighted by atomic mass is 16.5. The minimum Gasteiger partial charge on any atom is -0.493 e. The van der Waals surface area contributed by atoms with Gasteiger partial charge >= 0.3 is 0 Å². The Morgan fingerprint density at radius 3 is 2.43 bits per heavy atom. The van der Waals surface area contributed by atoms with Crippen LogP contribution >= 0.6 is 0 Å². The van der Waals surface area contributed by atoms with Crippen molar-refractivity contribution >= 4 is 5.96 Å². The summed E-state index contributed by atoms with van der Waals surface area (Å²) < 4.78 is 16.0. The maximum Gasteiger partial charge on any atom is 0.191 e. The number of likely N-dealkylation sites (tertiary alicyclic amines) is 1. The summed E-state index contributed by atoms with van der Waals surface area (Å²) in [6, 6.07) is 6.54. The van der Waals surface area contributed by atoms with Crippen LogP contribution in [-0.4, -0.2) is 77.6 Å². The molecule has 0 radical (unpaired) electrons. The lowest BCUT2D eigenvalue weighted by molar-refractivity contribution is 0.128. The van der Waals surface area contributed by atoms with Crippen LogP contribution in [0.3, 0.4) is 0 Å². The van der Waals surface area contributed by atoms with Gasteiger partial charge in [-0.2, -0.15) is 0 Å². The Morgan fingerprint density at radius 1 is 1.13 bits per heavy atom. The second-order valence-electron chi connectivity index (χ2n) is 8.40. The predicted molar refractivity (Wildman–Crippen MR) is 123 cm³/mol. The van der Waals surface area contributed by atoms with Gasteiger partial charge in [-0.3, -0.25) is 4.99 Å². The summed E-state index contributed by atoms with van der Waals surface area (Å²) in [7, 11) is 5.08. The molecule has 0 unspecified atom stereocenters. The number of rotatable bonds is 10. The number of aliphatic imine (C=N–C) groups is 1. The molecule has 0 saturated carbocycles. The monoisotopic (exact) mass is 420 g/mol. The predicted octanol–water partition coefficient (Wildman–Crippen LogP) is 2.65. The van der Waals surface area contributed by atoms with Crippen LogP contribution in [-0.2, 0) is 10.2 Å². The molecule has 0 spiro atoms. The molecule has 0 atom stereocenters. The number of nitrogens with one attached hydrogen (secondary N) is 2. The number of benzene rings is 1. The van der Waals surface area contributed by atoms with E-state index < -0.39 is 0 Å². The van der Waals surface area contributed by atoms with Gasteiger partial charge in [0.15, 0.2) is 17.5 Å². The third kappa shape index (κ3) is 7.06. The Hall–Kier alpha value is -1.99. The average molecular weight is 421 g/mol. The molecule has 2 rings (SSSR count). The lowest BCUT2D eigenvalue weighted by Gasteiger charge is -2.33. The van der Waals surface area contributed by atoms with Crippen molar-refractivity contribution in [3.8, 4) is 11.5 Å². The van der Waals surface area contributed by atoms with E-state index in [2.05, 4.69) is 42.4 Å². The summed E-state index contributed by atoms with van der Waals surface area (Å²) in [6.45, 7) is 12.0. The van der Waals surface area contributed by atoms with Gasteiger partial charge in [0.05, 0.1) is 27.4 Å².